The van der Waals surface area contributed by atoms with E-state index in [-0.39, 0.29) is 5.69 Å². The third-order valence-corrected chi connectivity index (χ3v) is 4.39. The number of aliphatic hydroxyl groups excluding tert-OH is 1. The van der Waals surface area contributed by atoms with E-state index in [0.29, 0.717) is 12.1 Å². The van der Waals surface area contributed by atoms with Gasteiger partial charge in [-0.3, -0.25) is 15.0 Å². The fourth-order valence-electron chi connectivity index (χ4n) is 3.08. The summed E-state index contributed by atoms with van der Waals surface area (Å²) in [5.41, 5.74) is 3.02. The molecule has 1 aliphatic rings. The van der Waals surface area contributed by atoms with Crippen LogP contribution in [0.4, 0.5) is 5.69 Å². The second kappa shape index (κ2) is 6.89. The molecular formula is C18H20N2O3. The third kappa shape index (κ3) is 3.75. The number of hydrogen-bond acceptors (Lipinski definition) is 4. The average molecular weight is 312 g/mol. The Hall–Kier alpha value is -2.24. The molecule has 0 amide bonds. The normalized spacial score (nSPS) is 18.2. The Labute approximate surface area is 135 Å². The molecule has 0 aliphatic carbocycles. The molecule has 0 radical (unpaired) electrons. The molecule has 1 atom stereocenters. The molecule has 3 rings (SSSR count). The van der Waals surface area contributed by atoms with Crippen molar-refractivity contribution >= 4 is 5.69 Å². The lowest BCUT2D eigenvalue weighted by molar-refractivity contribution is -0.385. The van der Waals surface area contributed by atoms with Crippen molar-refractivity contribution in [3.8, 4) is 0 Å². The summed E-state index contributed by atoms with van der Waals surface area (Å²) in [7, 11) is 0. The average Bonchev–Trinajstić information content (AvgIpc) is 2.73. The number of benzene rings is 2. The first-order valence-corrected chi connectivity index (χ1v) is 7.85. The Morgan fingerprint density at radius 2 is 2.00 bits per heavy atom. The van der Waals surface area contributed by atoms with E-state index in [2.05, 4.69) is 17.0 Å². The summed E-state index contributed by atoms with van der Waals surface area (Å²) >= 11 is 0. The van der Waals surface area contributed by atoms with Crippen molar-refractivity contribution in [3.05, 3.63) is 75.3 Å². The Bertz CT molecular complexity index is 688. The number of hydrogen-bond donors (Lipinski definition) is 1. The van der Waals surface area contributed by atoms with Gasteiger partial charge in [0.1, 0.15) is 0 Å². The van der Waals surface area contributed by atoms with Crippen molar-refractivity contribution < 1.29 is 10.0 Å². The highest BCUT2D eigenvalue weighted by Gasteiger charge is 2.23. The Morgan fingerprint density at radius 1 is 1.22 bits per heavy atom. The number of rotatable bonds is 4. The molecule has 1 heterocycles. The largest absolute Gasteiger partial charge is 0.387 e. The molecule has 0 aromatic heterocycles. The molecule has 5 heteroatoms. The highest BCUT2D eigenvalue weighted by molar-refractivity contribution is 5.42. The molecule has 120 valence electrons. The minimum atomic E-state index is -0.678. The molecule has 0 fully saturated rings. The van der Waals surface area contributed by atoms with E-state index in [9.17, 15) is 15.2 Å². The lowest BCUT2D eigenvalue weighted by Crippen LogP contribution is -2.30. The predicted molar refractivity (Wildman–Crippen MR) is 88.3 cm³/mol. The number of non-ortho nitro benzene ring substituents is 1. The number of aliphatic hydroxyl groups is 1. The summed E-state index contributed by atoms with van der Waals surface area (Å²) in [6, 6.07) is 15.1. The van der Waals surface area contributed by atoms with Gasteiger partial charge in [0, 0.05) is 31.8 Å². The molecule has 2 aromatic carbocycles. The third-order valence-electron chi connectivity index (χ3n) is 4.39. The summed E-state index contributed by atoms with van der Waals surface area (Å²) in [6.45, 7) is 2.24. The van der Waals surface area contributed by atoms with Gasteiger partial charge in [0.25, 0.3) is 5.69 Å². The summed E-state index contributed by atoms with van der Waals surface area (Å²) < 4.78 is 0. The van der Waals surface area contributed by atoms with E-state index in [0.717, 1.165) is 31.5 Å². The monoisotopic (exact) mass is 312 g/mol. The standard InChI is InChI=1S/C18H20N2O3/c21-18-13-19(10-8-14-4-2-1-3-5-14)11-9-15-6-7-16(20(22)23)12-17(15)18/h1-7,12,18,21H,8-11,13H2. The quantitative estimate of drug-likeness (QED) is 0.696. The van der Waals surface area contributed by atoms with E-state index in [1.54, 1.807) is 6.07 Å². The fourth-order valence-corrected chi connectivity index (χ4v) is 3.08. The van der Waals surface area contributed by atoms with Crippen molar-refractivity contribution in [3.63, 3.8) is 0 Å². The van der Waals surface area contributed by atoms with E-state index in [1.165, 1.54) is 17.7 Å². The number of nitrogens with zero attached hydrogens (tertiary/aromatic N) is 2. The van der Waals surface area contributed by atoms with Crippen LogP contribution in [-0.4, -0.2) is 34.6 Å². The Kier molecular flexibility index (Phi) is 4.69. The van der Waals surface area contributed by atoms with Gasteiger partial charge in [-0.15, -0.1) is 0 Å². The van der Waals surface area contributed by atoms with Crippen LogP contribution in [-0.2, 0) is 12.8 Å². The topological polar surface area (TPSA) is 66.6 Å². The minimum Gasteiger partial charge on any atom is -0.387 e. The fraction of sp³-hybridized carbons (Fsp3) is 0.333. The number of nitro groups is 1. The van der Waals surface area contributed by atoms with Gasteiger partial charge in [-0.1, -0.05) is 36.4 Å². The van der Waals surface area contributed by atoms with Gasteiger partial charge in [-0.25, -0.2) is 0 Å². The van der Waals surface area contributed by atoms with Crippen LogP contribution in [0.3, 0.4) is 0 Å². The zero-order chi connectivity index (χ0) is 16.2. The van der Waals surface area contributed by atoms with Gasteiger partial charge in [0.2, 0.25) is 0 Å². The van der Waals surface area contributed by atoms with Gasteiger partial charge < -0.3 is 5.11 Å². The summed E-state index contributed by atoms with van der Waals surface area (Å²) in [5.74, 6) is 0. The van der Waals surface area contributed by atoms with Crippen molar-refractivity contribution in [1.29, 1.82) is 0 Å². The lowest BCUT2D eigenvalue weighted by Gasteiger charge is -2.22. The van der Waals surface area contributed by atoms with Crippen LogP contribution in [0.5, 0.6) is 0 Å². The molecule has 1 unspecified atom stereocenters. The molecule has 1 N–H and O–H groups in total. The second-order valence-corrected chi connectivity index (χ2v) is 5.94. The molecule has 1 aliphatic heterocycles. The molecule has 0 saturated heterocycles. The van der Waals surface area contributed by atoms with Crippen LogP contribution in [0.25, 0.3) is 0 Å². The molecule has 23 heavy (non-hydrogen) atoms. The molecule has 2 aromatic rings. The van der Waals surface area contributed by atoms with Crippen LogP contribution < -0.4 is 0 Å². The number of fused-ring (bicyclic) bond motifs is 1. The van der Waals surface area contributed by atoms with Gasteiger partial charge >= 0.3 is 0 Å². The number of nitro benzene ring substituents is 1. The van der Waals surface area contributed by atoms with Crippen molar-refractivity contribution in [2.24, 2.45) is 0 Å². The van der Waals surface area contributed by atoms with Crippen molar-refractivity contribution in [2.45, 2.75) is 18.9 Å². The Morgan fingerprint density at radius 3 is 2.74 bits per heavy atom. The Balaban J connectivity index is 1.69. The smallest absolute Gasteiger partial charge is 0.269 e. The highest BCUT2D eigenvalue weighted by atomic mass is 16.6. The summed E-state index contributed by atoms with van der Waals surface area (Å²) in [5, 5.41) is 21.4. The SMILES string of the molecule is O=[N+]([O-])c1ccc2c(c1)C(O)CN(CCc1ccccc1)CC2. The first kappa shape index (κ1) is 15.6. The van der Waals surface area contributed by atoms with Crippen LogP contribution >= 0.6 is 0 Å². The van der Waals surface area contributed by atoms with E-state index in [4.69, 9.17) is 0 Å². The summed E-state index contributed by atoms with van der Waals surface area (Å²) in [4.78, 5) is 12.7. The first-order valence-electron chi connectivity index (χ1n) is 7.85. The van der Waals surface area contributed by atoms with Crippen molar-refractivity contribution in [2.75, 3.05) is 19.6 Å². The maximum absolute atomic E-state index is 10.9. The second-order valence-electron chi connectivity index (χ2n) is 5.94. The highest BCUT2D eigenvalue weighted by Crippen LogP contribution is 2.27. The maximum atomic E-state index is 10.9. The molecular weight excluding hydrogens is 292 g/mol. The van der Waals surface area contributed by atoms with E-state index >= 15 is 0 Å². The number of β-amino-alcohol motifs (C(OH)–C–C–N with tert-alkyl or cyclic N) is 1. The van der Waals surface area contributed by atoms with Gasteiger partial charge in [0.05, 0.1) is 11.0 Å². The van der Waals surface area contributed by atoms with Crippen LogP contribution in [0.1, 0.15) is 22.8 Å². The zero-order valence-electron chi connectivity index (χ0n) is 12.9. The van der Waals surface area contributed by atoms with Crippen LogP contribution in [0.15, 0.2) is 48.5 Å². The minimum absolute atomic E-state index is 0.0422. The van der Waals surface area contributed by atoms with E-state index < -0.39 is 11.0 Å². The van der Waals surface area contributed by atoms with Crippen LogP contribution in [0.2, 0.25) is 0 Å². The molecule has 5 nitrogen and oxygen atoms in total. The van der Waals surface area contributed by atoms with Gasteiger partial charge in [0.15, 0.2) is 0 Å². The predicted octanol–water partition coefficient (Wildman–Crippen LogP) is 2.73. The van der Waals surface area contributed by atoms with Gasteiger partial charge in [-0.2, -0.15) is 0 Å². The van der Waals surface area contributed by atoms with E-state index in [1.807, 2.05) is 18.2 Å². The van der Waals surface area contributed by atoms with Gasteiger partial charge in [-0.05, 0) is 29.5 Å². The maximum Gasteiger partial charge on any atom is 0.269 e. The molecule has 0 bridgehead atoms. The first-order chi connectivity index (χ1) is 11.1. The molecule has 0 saturated carbocycles. The lowest BCUT2D eigenvalue weighted by atomic mass is 10.0. The van der Waals surface area contributed by atoms with Crippen LogP contribution in [0, 0.1) is 10.1 Å². The summed E-state index contributed by atoms with van der Waals surface area (Å²) in [6.07, 6.45) is 1.06. The zero-order valence-corrected chi connectivity index (χ0v) is 12.9. The molecule has 0 spiro atoms. The van der Waals surface area contributed by atoms with Crippen molar-refractivity contribution in [1.82, 2.24) is 4.90 Å².